The van der Waals surface area contributed by atoms with Crippen molar-refractivity contribution in [1.29, 1.82) is 0 Å². The van der Waals surface area contributed by atoms with Crippen LogP contribution in [0, 0.1) is 26.2 Å². The minimum atomic E-state index is 0.230. The first kappa shape index (κ1) is 17.6. The molecule has 3 atom stereocenters. The first-order valence-corrected chi connectivity index (χ1v) is 10.5. The Morgan fingerprint density at radius 1 is 1.18 bits per heavy atom. The van der Waals surface area contributed by atoms with Crippen LogP contribution in [0.15, 0.2) is 30.5 Å². The van der Waals surface area contributed by atoms with Crippen LogP contribution < -0.4 is 10.1 Å². The van der Waals surface area contributed by atoms with Crippen molar-refractivity contribution in [3.63, 3.8) is 0 Å². The predicted octanol–water partition coefficient (Wildman–Crippen LogP) is 4.19. The summed E-state index contributed by atoms with van der Waals surface area (Å²) in [7, 11) is 0. The summed E-state index contributed by atoms with van der Waals surface area (Å²) in [6.45, 7) is 6.68. The lowest BCUT2D eigenvalue weighted by atomic mass is 10.2. The molecule has 3 aromatic heterocycles. The molecule has 0 aliphatic heterocycles. The summed E-state index contributed by atoms with van der Waals surface area (Å²) < 4.78 is 6.23. The van der Waals surface area contributed by atoms with Gasteiger partial charge in [-0.1, -0.05) is 6.07 Å². The van der Waals surface area contributed by atoms with Crippen molar-refractivity contribution in [2.45, 2.75) is 52.2 Å². The number of ether oxygens (including phenoxy) is 1. The molecule has 1 N–H and O–H groups in total. The van der Waals surface area contributed by atoms with E-state index in [2.05, 4.69) is 37.4 Å². The Labute approximate surface area is 168 Å². The summed E-state index contributed by atoms with van der Waals surface area (Å²) in [4.78, 5) is 19.2. The van der Waals surface area contributed by atoms with E-state index in [1.807, 2.05) is 39.1 Å². The Bertz CT molecular complexity index is 1020. The van der Waals surface area contributed by atoms with Crippen molar-refractivity contribution < 1.29 is 4.74 Å². The first-order chi connectivity index (χ1) is 13.5. The fourth-order valence-electron chi connectivity index (χ4n) is 4.07. The maximum atomic E-state index is 6.23. The molecule has 6 nitrogen and oxygen atoms in total. The van der Waals surface area contributed by atoms with Crippen LogP contribution in [0.4, 0.5) is 5.82 Å². The number of nitrogens with one attached hydrogen (secondary N) is 1. The average Bonchev–Trinajstić information content (AvgIpc) is 3.53. The number of aryl methyl sites for hydroxylation is 3. The zero-order valence-electron chi connectivity index (χ0n) is 16.3. The van der Waals surface area contributed by atoms with Gasteiger partial charge in [0.05, 0.1) is 17.2 Å². The molecule has 0 aromatic carbocycles. The lowest BCUT2D eigenvalue weighted by Gasteiger charge is -2.09. The van der Waals surface area contributed by atoms with Crippen LogP contribution in [0.25, 0.3) is 0 Å². The Balaban J connectivity index is 1.24. The second-order valence-electron chi connectivity index (χ2n) is 7.79. The third-order valence-corrected chi connectivity index (χ3v) is 6.79. The van der Waals surface area contributed by atoms with E-state index in [0.717, 1.165) is 29.4 Å². The zero-order valence-corrected chi connectivity index (χ0v) is 17.1. The van der Waals surface area contributed by atoms with Crippen molar-refractivity contribution in [1.82, 2.24) is 19.9 Å². The Morgan fingerprint density at radius 2 is 2.07 bits per heavy atom. The van der Waals surface area contributed by atoms with Crippen molar-refractivity contribution in [3.8, 4) is 5.88 Å². The predicted molar refractivity (Wildman–Crippen MR) is 109 cm³/mol. The normalized spacial score (nSPS) is 25.0. The summed E-state index contributed by atoms with van der Waals surface area (Å²) in [6, 6.07) is 8.05. The number of hydrogen-bond acceptors (Lipinski definition) is 7. The van der Waals surface area contributed by atoms with Crippen LogP contribution in [-0.2, 0) is 6.54 Å². The van der Waals surface area contributed by atoms with Crippen LogP contribution in [0.5, 0.6) is 5.88 Å². The Hall–Kier alpha value is -2.54. The molecule has 3 aromatic rings. The van der Waals surface area contributed by atoms with Gasteiger partial charge in [-0.2, -0.15) is 4.98 Å². The lowest BCUT2D eigenvalue weighted by molar-refractivity contribution is 0.266. The number of rotatable bonds is 6. The molecule has 0 bridgehead atoms. The molecule has 1 spiro atoms. The Morgan fingerprint density at radius 3 is 2.82 bits per heavy atom. The highest BCUT2D eigenvalue weighted by atomic mass is 32.1. The first-order valence-electron chi connectivity index (χ1n) is 9.63. The maximum absolute atomic E-state index is 6.23. The molecular weight excluding hydrogens is 370 g/mol. The highest BCUT2D eigenvalue weighted by Crippen LogP contribution is 2.75. The molecule has 2 saturated carbocycles. The van der Waals surface area contributed by atoms with E-state index < -0.39 is 0 Å². The topological polar surface area (TPSA) is 72.8 Å². The van der Waals surface area contributed by atoms with Crippen LogP contribution >= 0.6 is 11.3 Å². The molecule has 7 heteroatoms. The third-order valence-electron chi connectivity index (χ3n) is 5.72. The molecule has 2 aliphatic rings. The van der Waals surface area contributed by atoms with Gasteiger partial charge in [0, 0.05) is 34.2 Å². The van der Waals surface area contributed by atoms with E-state index in [0.29, 0.717) is 24.2 Å². The summed E-state index contributed by atoms with van der Waals surface area (Å²) in [5.41, 5.74) is 2.54. The number of aromatic nitrogens is 4. The van der Waals surface area contributed by atoms with Crippen molar-refractivity contribution in [3.05, 3.63) is 57.6 Å². The molecule has 2 aliphatic carbocycles. The molecule has 0 saturated heterocycles. The van der Waals surface area contributed by atoms with E-state index in [4.69, 9.17) is 4.74 Å². The van der Waals surface area contributed by atoms with E-state index >= 15 is 0 Å². The minimum Gasteiger partial charge on any atom is -0.474 e. The molecule has 28 heavy (non-hydrogen) atoms. The second kappa shape index (κ2) is 6.51. The summed E-state index contributed by atoms with van der Waals surface area (Å²) in [5.74, 6) is 2.68. The molecule has 5 rings (SSSR count). The minimum absolute atomic E-state index is 0.230. The molecule has 0 amide bonds. The number of hydrogen-bond donors (Lipinski definition) is 1. The number of thiazole rings is 1. The van der Waals surface area contributed by atoms with Gasteiger partial charge >= 0.3 is 0 Å². The van der Waals surface area contributed by atoms with Crippen molar-refractivity contribution in [2.24, 2.45) is 5.41 Å². The van der Waals surface area contributed by atoms with E-state index in [1.54, 1.807) is 11.3 Å². The van der Waals surface area contributed by atoms with Gasteiger partial charge in [-0.15, -0.1) is 11.3 Å². The van der Waals surface area contributed by atoms with Gasteiger partial charge in [-0.05, 0) is 45.7 Å². The number of pyridine rings is 1. The summed E-state index contributed by atoms with van der Waals surface area (Å²) in [5, 5.41) is 4.48. The maximum Gasteiger partial charge on any atom is 0.219 e. The number of anilines is 1. The molecule has 3 heterocycles. The van der Waals surface area contributed by atoms with Gasteiger partial charge in [0.1, 0.15) is 17.7 Å². The van der Waals surface area contributed by atoms with Gasteiger partial charge in [-0.25, -0.2) is 9.97 Å². The number of nitrogens with zero attached hydrogens (tertiary/aromatic N) is 4. The second-order valence-corrected chi connectivity index (χ2v) is 9.08. The van der Waals surface area contributed by atoms with Gasteiger partial charge < -0.3 is 10.1 Å². The zero-order chi connectivity index (χ0) is 19.3. The summed E-state index contributed by atoms with van der Waals surface area (Å²) >= 11 is 1.71. The van der Waals surface area contributed by atoms with Crippen molar-refractivity contribution in [2.75, 3.05) is 5.32 Å². The van der Waals surface area contributed by atoms with Gasteiger partial charge in [-0.3, -0.25) is 4.98 Å². The van der Waals surface area contributed by atoms with Crippen molar-refractivity contribution >= 4 is 17.2 Å². The van der Waals surface area contributed by atoms with Crippen LogP contribution in [-0.4, -0.2) is 26.0 Å². The van der Waals surface area contributed by atoms with E-state index in [-0.39, 0.29) is 11.5 Å². The van der Waals surface area contributed by atoms with Crippen LogP contribution in [0.1, 0.15) is 45.9 Å². The lowest BCUT2D eigenvalue weighted by Crippen LogP contribution is -2.07. The largest absolute Gasteiger partial charge is 0.474 e. The van der Waals surface area contributed by atoms with E-state index in [9.17, 15) is 0 Å². The Kier molecular flexibility index (Phi) is 4.08. The van der Waals surface area contributed by atoms with Gasteiger partial charge in [0.2, 0.25) is 5.88 Å². The fourth-order valence-corrected chi connectivity index (χ4v) is 4.95. The molecule has 2 fully saturated rings. The van der Waals surface area contributed by atoms with Gasteiger partial charge in [0.25, 0.3) is 0 Å². The van der Waals surface area contributed by atoms with E-state index in [1.165, 1.54) is 10.6 Å². The molecular formula is C21H23N5OS. The van der Waals surface area contributed by atoms with Gasteiger partial charge in [0.15, 0.2) is 0 Å². The quantitative estimate of drug-likeness (QED) is 0.677. The molecule has 0 radical (unpaired) electrons. The third kappa shape index (κ3) is 3.24. The highest BCUT2D eigenvalue weighted by Gasteiger charge is 2.73. The standard InChI is InChI=1S/C21H23N5OS/c1-12-17(28-14(3)24-12)11-23-19-8-20(26-13(2)25-19)27-18-10-21(18)9-15(21)16-6-4-5-7-22-16/h4-8,15,18H,9-11H2,1-3H3,(H,23,25,26)/t15-,18-,21+/m1/s1. The molecule has 144 valence electrons. The monoisotopic (exact) mass is 393 g/mol. The molecule has 0 unspecified atom stereocenters. The summed E-state index contributed by atoms with van der Waals surface area (Å²) in [6.07, 6.45) is 4.35. The highest BCUT2D eigenvalue weighted by molar-refractivity contribution is 7.11. The fraction of sp³-hybridized carbons (Fsp3) is 0.429. The average molecular weight is 394 g/mol. The SMILES string of the molecule is Cc1nc(NCc2sc(C)nc2C)cc(O[C@@H]2C[C@]23C[C@@H]3c2ccccn2)n1. The van der Waals surface area contributed by atoms with Crippen LogP contribution in [0.2, 0.25) is 0 Å². The van der Waals surface area contributed by atoms with Crippen LogP contribution in [0.3, 0.4) is 0 Å². The smallest absolute Gasteiger partial charge is 0.219 e.